The summed E-state index contributed by atoms with van der Waals surface area (Å²) in [5, 5.41) is 3.27. The maximum Gasteiger partial charge on any atom is 0.0370 e. The molecule has 0 aromatic heterocycles. The van der Waals surface area contributed by atoms with Crippen LogP contribution in [0.4, 0.5) is 0 Å². The molecule has 0 amide bonds. The Morgan fingerprint density at radius 1 is 1.38 bits per heavy atom. The molecule has 1 rings (SSSR count). The zero-order valence-electron chi connectivity index (χ0n) is 7.96. The number of nitrogens with one attached hydrogen (secondary N) is 1. The second-order valence-corrected chi connectivity index (χ2v) is 2.78. The predicted octanol–water partition coefficient (Wildman–Crippen LogP) is 1.60. The van der Waals surface area contributed by atoms with E-state index in [9.17, 15) is 0 Å². The molecule has 0 spiro atoms. The van der Waals surface area contributed by atoms with E-state index < -0.39 is 0 Å². The largest absolute Gasteiger partial charge is 0.384 e. The van der Waals surface area contributed by atoms with Crippen LogP contribution in [0.5, 0.6) is 0 Å². The second kappa shape index (κ2) is 5.38. The van der Waals surface area contributed by atoms with Crippen molar-refractivity contribution in [1.82, 2.24) is 5.32 Å². The van der Waals surface area contributed by atoms with Gasteiger partial charge in [-0.25, -0.2) is 0 Å². The molecule has 0 saturated heterocycles. The molecule has 0 saturated carbocycles. The third-order valence-corrected chi connectivity index (χ3v) is 1.83. The summed E-state index contributed by atoms with van der Waals surface area (Å²) in [5.41, 5.74) is 7.77. The van der Waals surface area contributed by atoms with Crippen LogP contribution < -0.4 is 11.1 Å². The first-order valence-corrected chi connectivity index (χ1v) is 4.54. The predicted molar refractivity (Wildman–Crippen MR) is 57.2 cm³/mol. The molecule has 0 unspecified atom stereocenters. The van der Waals surface area contributed by atoms with Gasteiger partial charge in [-0.3, -0.25) is 0 Å². The van der Waals surface area contributed by atoms with E-state index in [-0.39, 0.29) is 0 Å². The first kappa shape index (κ1) is 9.81. The van der Waals surface area contributed by atoms with Crippen molar-refractivity contribution in [2.24, 2.45) is 5.73 Å². The first-order valence-electron chi connectivity index (χ1n) is 4.54. The zero-order valence-corrected chi connectivity index (χ0v) is 7.96. The zero-order chi connectivity index (χ0) is 9.52. The SMILES string of the molecule is CC=C(NCCN)c1ccccc1. The summed E-state index contributed by atoms with van der Waals surface area (Å²) in [5.74, 6) is 0. The van der Waals surface area contributed by atoms with Crippen molar-refractivity contribution in [3.63, 3.8) is 0 Å². The summed E-state index contributed by atoms with van der Waals surface area (Å²) in [4.78, 5) is 0. The van der Waals surface area contributed by atoms with Gasteiger partial charge in [-0.1, -0.05) is 36.4 Å². The minimum absolute atomic E-state index is 0.657. The standard InChI is InChI=1S/C11H16N2/c1-2-11(13-9-8-12)10-6-4-3-5-7-10/h2-7,13H,8-9,12H2,1H3. The van der Waals surface area contributed by atoms with Gasteiger partial charge in [-0.15, -0.1) is 0 Å². The lowest BCUT2D eigenvalue weighted by Gasteiger charge is -2.09. The maximum absolute atomic E-state index is 5.42. The first-order chi connectivity index (χ1) is 6.38. The van der Waals surface area contributed by atoms with Gasteiger partial charge in [0.15, 0.2) is 0 Å². The van der Waals surface area contributed by atoms with Crippen molar-refractivity contribution < 1.29 is 0 Å². The highest BCUT2D eigenvalue weighted by molar-refractivity contribution is 5.63. The average molecular weight is 176 g/mol. The highest BCUT2D eigenvalue weighted by atomic mass is 14.9. The van der Waals surface area contributed by atoms with E-state index >= 15 is 0 Å². The summed E-state index contributed by atoms with van der Waals surface area (Å²) < 4.78 is 0. The Morgan fingerprint density at radius 3 is 2.62 bits per heavy atom. The lowest BCUT2D eigenvalue weighted by Crippen LogP contribution is -2.21. The summed E-state index contributed by atoms with van der Waals surface area (Å²) in [6, 6.07) is 10.2. The molecule has 1 aromatic rings. The van der Waals surface area contributed by atoms with Crippen molar-refractivity contribution >= 4 is 5.70 Å². The van der Waals surface area contributed by atoms with Gasteiger partial charge in [0.2, 0.25) is 0 Å². The Bertz CT molecular complexity index is 265. The minimum atomic E-state index is 0.657. The van der Waals surface area contributed by atoms with E-state index in [1.54, 1.807) is 0 Å². The van der Waals surface area contributed by atoms with Crippen LogP contribution in [0.25, 0.3) is 5.70 Å². The van der Waals surface area contributed by atoms with Gasteiger partial charge in [0, 0.05) is 18.8 Å². The molecule has 0 aliphatic carbocycles. The monoisotopic (exact) mass is 176 g/mol. The Balaban J connectivity index is 2.69. The fraction of sp³-hybridized carbons (Fsp3) is 0.273. The molecule has 13 heavy (non-hydrogen) atoms. The van der Waals surface area contributed by atoms with Crippen LogP contribution in [-0.4, -0.2) is 13.1 Å². The van der Waals surface area contributed by atoms with Gasteiger partial charge in [0.1, 0.15) is 0 Å². The maximum atomic E-state index is 5.42. The van der Waals surface area contributed by atoms with E-state index in [1.165, 1.54) is 5.56 Å². The molecule has 0 atom stereocenters. The summed E-state index contributed by atoms with van der Waals surface area (Å²) >= 11 is 0. The smallest absolute Gasteiger partial charge is 0.0370 e. The summed E-state index contributed by atoms with van der Waals surface area (Å²) in [6.45, 7) is 3.49. The Kier molecular flexibility index (Phi) is 4.06. The van der Waals surface area contributed by atoms with Crippen LogP contribution in [0, 0.1) is 0 Å². The number of hydrogen-bond acceptors (Lipinski definition) is 2. The van der Waals surface area contributed by atoms with Crippen LogP contribution in [-0.2, 0) is 0 Å². The normalized spacial score (nSPS) is 11.4. The third kappa shape index (κ3) is 2.92. The van der Waals surface area contributed by atoms with Gasteiger partial charge in [-0.2, -0.15) is 0 Å². The fourth-order valence-electron chi connectivity index (χ4n) is 1.20. The summed E-state index contributed by atoms with van der Waals surface area (Å²) in [6.07, 6.45) is 2.06. The quantitative estimate of drug-likeness (QED) is 0.731. The van der Waals surface area contributed by atoms with Crippen molar-refractivity contribution in [1.29, 1.82) is 0 Å². The van der Waals surface area contributed by atoms with Gasteiger partial charge < -0.3 is 11.1 Å². The molecule has 0 fully saturated rings. The molecule has 0 radical (unpaired) electrons. The highest BCUT2D eigenvalue weighted by Gasteiger charge is 1.96. The molecule has 3 N–H and O–H groups in total. The number of nitrogens with two attached hydrogens (primary N) is 1. The van der Waals surface area contributed by atoms with Gasteiger partial charge in [0.25, 0.3) is 0 Å². The molecular weight excluding hydrogens is 160 g/mol. The Hall–Kier alpha value is -1.28. The second-order valence-electron chi connectivity index (χ2n) is 2.78. The van der Waals surface area contributed by atoms with Gasteiger partial charge in [0.05, 0.1) is 0 Å². The number of allylic oxidation sites excluding steroid dienone is 1. The topological polar surface area (TPSA) is 38.0 Å². The molecule has 2 heteroatoms. The van der Waals surface area contributed by atoms with Crippen LogP contribution in [0.1, 0.15) is 12.5 Å². The van der Waals surface area contributed by atoms with Crippen molar-refractivity contribution in [2.75, 3.05) is 13.1 Å². The summed E-state index contributed by atoms with van der Waals surface area (Å²) in [7, 11) is 0. The van der Waals surface area contributed by atoms with Crippen LogP contribution in [0.3, 0.4) is 0 Å². The number of rotatable bonds is 4. The van der Waals surface area contributed by atoms with E-state index in [2.05, 4.69) is 23.5 Å². The molecule has 70 valence electrons. The van der Waals surface area contributed by atoms with Crippen LogP contribution in [0.2, 0.25) is 0 Å². The molecular formula is C11H16N2. The van der Waals surface area contributed by atoms with Crippen molar-refractivity contribution in [2.45, 2.75) is 6.92 Å². The minimum Gasteiger partial charge on any atom is -0.384 e. The van der Waals surface area contributed by atoms with Crippen LogP contribution in [0.15, 0.2) is 36.4 Å². The van der Waals surface area contributed by atoms with Gasteiger partial charge in [-0.05, 0) is 12.5 Å². The fourth-order valence-corrected chi connectivity index (χ4v) is 1.20. The van der Waals surface area contributed by atoms with Crippen LogP contribution >= 0.6 is 0 Å². The molecule has 2 nitrogen and oxygen atoms in total. The van der Waals surface area contributed by atoms with Crippen molar-refractivity contribution in [3.8, 4) is 0 Å². The lowest BCUT2D eigenvalue weighted by molar-refractivity contribution is 0.857. The molecule has 0 aliphatic heterocycles. The van der Waals surface area contributed by atoms with E-state index in [4.69, 9.17) is 5.73 Å². The van der Waals surface area contributed by atoms with Crippen molar-refractivity contribution in [3.05, 3.63) is 42.0 Å². The number of hydrogen-bond donors (Lipinski definition) is 2. The highest BCUT2D eigenvalue weighted by Crippen LogP contribution is 2.09. The molecule has 0 heterocycles. The van der Waals surface area contributed by atoms with E-state index in [0.29, 0.717) is 6.54 Å². The van der Waals surface area contributed by atoms with Gasteiger partial charge >= 0.3 is 0 Å². The third-order valence-electron chi connectivity index (χ3n) is 1.83. The molecule has 1 aromatic carbocycles. The average Bonchev–Trinajstić information content (AvgIpc) is 2.21. The lowest BCUT2D eigenvalue weighted by atomic mass is 10.1. The Morgan fingerprint density at radius 2 is 2.08 bits per heavy atom. The van der Waals surface area contributed by atoms with E-state index in [1.807, 2.05) is 25.1 Å². The molecule has 0 aliphatic rings. The molecule has 0 bridgehead atoms. The Labute approximate surface area is 79.5 Å². The van der Waals surface area contributed by atoms with E-state index in [0.717, 1.165) is 12.2 Å². The number of benzene rings is 1.